The topological polar surface area (TPSA) is 143 Å². The molecule has 0 aliphatic carbocycles. The van der Waals surface area contributed by atoms with Crippen LogP contribution in [0.25, 0.3) is 0 Å². The molecule has 1 aliphatic heterocycles. The van der Waals surface area contributed by atoms with Crippen LogP contribution in [0.15, 0.2) is 38.4 Å². The van der Waals surface area contributed by atoms with Crippen LogP contribution in [-0.2, 0) is 21.4 Å². The molecule has 2 heterocycles. The number of amides is 1. The van der Waals surface area contributed by atoms with E-state index in [-0.39, 0.29) is 29.7 Å². The van der Waals surface area contributed by atoms with Crippen LogP contribution in [0.5, 0.6) is 0 Å². The first-order valence-electron chi connectivity index (χ1n) is 10.1. The molecular weight excluding hydrogens is 568 g/mol. The van der Waals surface area contributed by atoms with Crippen LogP contribution in [-0.4, -0.2) is 53.1 Å². The third-order valence-electron chi connectivity index (χ3n) is 5.53. The summed E-state index contributed by atoms with van der Waals surface area (Å²) in [7, 11) is -4.03. The van der Waals surface area contributed by atoms with Crippen molar-refractivity contribution in [3.8, 4) is 0 Å². The van der Waals surface area contributed by atoms with Gasteiger partial charge in [0.2, 0.25) is 21.9 Å². The first kappa shape index (κ1) is 25.0. The van der Waals surface area contributed by atoms with Crippen LogP contribution in [0.4, 0.5) is 11.6 Å². The molecule has 13 heteroatoms. The van der Waals surface area contributed by atoms with Crippen molar-refractivity contribution < 1.29 is 18.4 Å². The maximum Gasteiger partial charge on any atom is 0.241 e. The lowest BCUT2D eigenvalue weighted by Gasteiger charge is -2.33. The molecule has 5 N–H and O–H groups in total. The number of piperidine rings is 1. The Balaban J connectivity index is 1.84. The zero-order valence-corrected chi connectivity index (χ0v) is 21.5. The molecule has 176 valence electrons. The second kappa shape index (κ2) is 10.5. The van der Waals surface area contributed by atoms with Gasteiger partial charge in [-0.3, -0.25) is 10.0 Å². The molecule has 1 aromatic heterocycles. The average molecular weight is 594 g/mol. The molecule has 10 nitrogen and oxygen atoms in total. The van der Waals surface area contributed by atoms with E-state index >= 15 is 0 Å². The molecule has 1 amide bonds. The molecule has 1 unspecified atom stereocenters. The number of halogens is 2. The Morgan fingerprint density at radius 3 is 2.53 bits per heavy atom. The summed E-state index contributed by atoms with van der Waals surface area (Å²) in [5.74, 6) is 0.465. The number of carbonyl (C=O) groups excluding carboxylic acids is 1. The number of hydrogen-bond donors (Lipinski definition) is 4. The number of nitrogens with one attached hydrogen (secondary N) is 2. The van der Waals surface area contributed by atoms with Crippen LogP contribution in [0.2, 0.25) is 0 Å². The molecule has 0 saturated carbocycles. The normalized spacial score (nSPS) is 16.2. The summed E-state index contributed by atoms with van der Waals surface area (Å²) >= 11 is 6.52. The highest BCUT2D eigenvalue weighted by Crippen LogP contribution is 2.31. The quantitative estimate of drug-likeness (QED) is 0.272. The summed E-state index contributed by atoms with van der Waals surface area (Å²) in [6.07, 6.45) is 5.05. The van der Waals surface area contributed by atoms with Gasteiger partial charge in [-0.2, -0.15) is 4.72 Å². The monoisotopic (exact) mass is 592 g/mol. The van der Waals surface area contributed by atoms with E-state index in [4.69, 9.17) is 5.73 Å². The highest BCUT2D eigenvalue weighted by Gasteiger charge is 2.31. The highest BCUT2D eigenvalue weighted by molar-refractivity contribution is 9.11. The van der Waals surface area contributed by atoms with Gasteiger partial charge in [-0.15, -0.1) is 0 Å². The van der Waals surface area contributed by atoms with E-state index in [1.165, 1.54) is 18.3 Å². The molecular formula is C19H26Br2N6O4S. The largest absolute Gasteiger partial charge is 0.397 e. The minimum atomic E-state index is -4.03. The summed E-state index contributed by atoms with van der Waals surface area (Å²) in [6.45, 7) is 3.58. The Morgan fingerprint density at radius 2 is 1.94 bits per heavy atom. The Hall–Kier alpha value is -1.67. The minimum Gasteiger partial charge on any atom is -0.397 e. The van der Waals surface area contributed by atoms with Gasteiger partial charge in [-0.1, -0.05) is 6.92 Å². The third-order valence-corrected chi connectivity index (χ3v) is 8.29. The van der Waals surface area contributed by atoms with Crippen LogP contribution >= 0.6 is 31.9 Å². The van der Waals surface area contributed by atoms with Crippen molar-refractivity contribution >= 4 is 59.4 Å². The number of carbonyl (C=O) groups is 1. The van der Waals surface area contributed by atoms with Crippen molar-refractivity contribution in [2.75, 3.05) is 24.3 Å². The lowest BCUT2D eigenvalue weighted by atomic mass is 9.98. The van der Waals surface area contributed by atoms with E-state index in [0.29, 0.717) is 33.6 Å². The minimum absolute atomic E-state index is 0.0177. The van der Waals surface area contributed by atoms with E-state index < -0.39 is 16.1 Å². The number of rotatable bonds is 8. The first-order chi connectivity index (χ1) is 15.1. The fourth-order valence-corrected chi connectivity index (χ4v) is 6.29. The molecule has 1 atom stereocenters. The predicted molar refractivity (Wildman–Crippen MR) is 128 cm³/mol. The second-order valence-corrected chi connectivity index (χ2v) is 11.2. The Kier molecular flexibility index (Phi) is 8.20. The van der Waals surface area contributed by atoms with Crippen LogP contribution < -0.4 is 15.9 Å². The number of aromatic nitrogens is 2. The standard InChI is InChI=1S/C19H26Br2N6O4S/c1-12-2-6-26(7-3-12)18(28)16(4-8-27-9-5-23-19(27)24-29)25-32(30,31)13-10-14(20)17(22)15(21)11-13/h5,9-12,16,25,29H,2-4,6-8,22H2,1H3,(H,23,24). The van der Waals surface area contributed by atoms with Crippen molar-refractivity contribution in [1.29, 1.82) is 0 Å². The molecule has 1 saturated heterocycles. The number of anilines is 2. The summed E-state index contributed by atoms with van der Waals surface area (Å²) in [6, 6.07) is 1.81. The van der Waals surface area contributed by atoms with Crippen molar-refractivity contribution in [2.45, 2.75) is 43.7 Å². The SMILES string of the molecule is CC1CCN(C(=O)C(CCn2ccnc2NO)NS(=O)(=O)c2cc(Br)c(N)c(Br)c2)CC1. The Bertz CT molecular complexity index is 1050. The zero-order valence-electron chi connectivity index (χ0n) is 17.5. The van der Waals surface area contributed by atoms with Gasteiger partial charge >= 0.3 is 0 Å². The fourth-order valence-electron chi connectivity index (χ4n) is 3.52. The van der Waals surface area contributed by atoms with Crippen LogP contribution in [0.3, 0.4) is 0 Å². The van der Waals surface area contributed by atoms with Gasteiger partial charge in [0, 0.05) is 41.0 Å². The van der Waals surface area contributed by atoms with E-state index in [9.17, 15) is 18.4 Å². The van der Waals surface area contributed by atoms with Gasteiger partial charge in [0.25, 0.3) is 0 Å². The van der Waals surface area contributed by atoms with Crippen LogP contribution in [0, 0.1) is 5.92 Å². The number of nitrogens with two attached hydrogens (primary N) is 1. The lowest BCUT2D eigenvalue weighted by molar-refractivity contribution is -0.134. The Morgan fingerprint density at radius 1 is 1.31 bits per heavy atom. The van der Waals surface area contributed by atoms with E-state index in [2.05, 4.69) is 48.5 Å². The molecule has 1 fully saturated rings. The summed E-state index contributed by atoms with van der Waals surface area (Å²) in [4.78, 5) is 18.9. The molecule has 0 bridgehead atoms. The maximum atomic E-state index is 13.3. The summed E-state index contributed by atoms with van der Waals surface area (Å²) in [5.41, 5.74) is 8.24. The number of benzene rings is 1. The van der Waals surface area contributed by atoms with Gasteiger partial charge in [0.15, 0.2) is 0 Å². The highest BCUT2D eigenvalue weighted by atomic mass is 79.9. The molecule has 2 aromatic rings. The lowest BCUT2D eigenvalue weighted by Crippen LogP contribution is -2.50. The zero-order chi connectivity index (χ0) is 23.5. The molecule has 1 aromatic carbocycles. The van der Waals surface area contributed by atoms with Gasteiger partial charge < -0.3 is 15.2 Å². The maximum absolute atomic E-state index is 13.3. The van der Waals surface area contributed by atoms with Crippen molar-refractivity contribution in [3.63, 3.8) is 0 Å². The smallest absolute Gasteiger partial charge is 0.241 e. The predicted octanol–water partition coefficient (Wildman–Crippen LogP) is 2.79. The number of sulfonamides is 1. The fraction of sp³-hybridized carbons (Fsp3) is 0.474. The van der Waals surface area contributed by atoms with Crippen molar-refractivity contribution in [1.82, 2.24) is 19.2 Å². The number of hydrogen-bond acceptors (Lipinski definition) is 7. The average Bonchev–Trinajstić information content (AvgIpc) is 3.22. The van der Waals surface area contributed by atoms with E-state index in [1.807, 2.05) is 5.48 Å². The second-order valence-electron chi connectivity index (χ2n) is 7.83. The number of likely N-dealkylation sites (tertiary alicyclic amines) is 1. The van der Waals surface area contributed by atoms with Crippen LogP contribution in [0.1, 0.15) is 26.2 Å². The first-order valence-corrected chi connectivity index (χ1v) is 13.2. The van der Waals surface area contributed by atoms with Gasteiger partial charge in [0.05, 0.1) is 10.6 Å². The van der Waals surface area contributed by atoms with E-state index in [0.717, 1.165) is 12.8 Å². The number of nitrogens with zero attached hydrogens (tertiary/aromatic N) is 3. The third kappa shape index (κ3) is 5.81. The van der Waals surface area contributed by atoms with Gasteiger partial charge in [0.1, 0.15) is 6.04 Å². The molecule has 0 spiro atoms. The Labute approximate surface area is 203 Å². The van der Waals surface area contributed by atoms with Crippen molar-refractivity contribution in [2.24, 2.45) is 5.92 Å². The summed E-state index contributed by atoms with van der Waals surface area (Å²) < 4.78 is 31.3. The molecule has 0 radical (unpaired) electrons. The van der Waals surface area contributed by atoms with E-state index in [1.54, 1.807) is 15.7 Å². The summed E-state index contributed by atoms with van der Waals surface area (Å²) in [5, 5.41) is 9.18. The number of aryl methyl sites for hydroxylation is 1. The molecule has 1 aliphatic rings. The van der Waals surface area contributed by atoms with Gasteiger partial charge in [-0.05, 0) is 69.2 Å². The molecule has 3 rings (SSSR count). The number of nitrogen functional groups attached to an aromatic ring is 1. The molecule has 32 heavy (non-hydrogen) atoms. The van der Waals surface area contributed by atoms with Crippen molar-refractivity contribution in [3.05, 3.63) is 33.5 Å². The van der Waals surface area contributed by atoms with Gasteiger partial charge in [-0.25, -0.2) is 18.9 Å². The number of imidazole rings is 1.